The number of carbonyl (C=O) groups excluding carboxylic acids is 2. The number of halogens is 1. The summed E-state index contributed by atoms with van der Waals surface area (Å²) in [7, 11) is 0. The van der Waals surface area contributed by atoms with Gasteiger partial charge in [-0.2, -0.15) is 0 Å². The second-order valence-electron chi connectivity index (χ2n) is 11.7. The average molecular weight is 612 g/mol. The Bertz CT molecular complexity index is 1420. The lowest BCUT2D eigenvalue weighted by Gasteiger charge is -2.39. The molecule has 2 aliphatic heterocycles. The number of nitrogens with one attached hydrogen (secondary N) is 1. The van der Waals surface area contributed by atoms with Gasteiger partial charge in [-0.25, -0.2) is 14.8 Å². The summed E-state index contributed by atoms with van der Waals surface area (Å²) in [6, 6.07) is 9.44. The first-order chi connectivity index (χ1) is 20.5. The van der Waals surface area contributed by atoms with Crippen LogP contribution in [0.25, 0.3) is 11.0 Å². The molecule has 2 saturated heterocycles. The number of para-hydroxylation sites is 1. The number of carboxylic acid groups (broad SMARTS) is 1. The highest BCUT2D eigenvalue weighted by Gasteiger charge is 2.32. The summed E-state index contributed by atoms with van der Waals surface area (Å²) in [5.41, 5.74) is 6.76. The molecule has 0 radical (unpaired) electrons. The second kappa shape index (κ2) is 14.3. The Morgan fingerprint density at radius 1 is 1.07 bits per heavy atom. The number of hydrogen-bond acceptors (Lipinski definition) is 7. The van der Waals surface area contributed by atoms with Crippen molar-refractivity contribution >= 4 is 46.2 Å². The molecule has 0 spiro atoms. The van der Waals surface area contributed by atoms with Crippen LogP contribution in [0.2, 0.25) is 5.02 Å². The number of piperidine rings is 2. The molecular weight excluding hydrogens is 570 g/mol. The van der Waals surface area contributed by atoms with Crippen LogP contribution in [-0.4, -0.2) is 84.5 Å². The Kier molecular flexibility index (Phi) is 10.8. The number of anilines is 1. The summed E-state index contributed by atoms with van der Waals surface area (Å²) >= 11 is 5.81. The molecule has 232 valence electrons. The summed E-state index contributed by atoms with van der Waals surface area (Å²) in [5, 5.41) is 12.8. The molecule has 12 heteroatoms. The molecule has 1 aromatic carbocycles. The largest absolute Gasteiger partial charge is 0.475 e. The smallest absolute Gasteiger partial charge is 0.372 e. The third kappa shape index (κ3) is 7.90. The summed E-state index contributed by atoms with van der Waals surface area (Å²) in [5.74, 6) is -1.99. The van der Waals surface area contributed by atoms with E-state index in [9.17, 15) is 19.5 Å². The van der Waals surface area contributed by atoms with E-state index in [1.165, 1.54) is 36.7 Å². The van der Waals surface area contributed by atoms with Crippen molar-refractivity contribution in [1.82, 2.24) is 24.3 Å². The minimum atomic E-state index is -1.29. The number of likely N-dealkylation sites (tertiary alicyclic amines) is 2. The number of amides is 2. The van der Waals surface area contributed by atoms with Crippen molar-refractivity contribution in [2.75, 3.05) is 18.4 Å². The number of benzene rings is 1. The first-order valence-corrected chi connectivity index (χ1v) is 15.3. The predicted molar refractivity (Wildman–Crippen MR) is 167 cm³/mol. The number of nitrogens with two attached hydrogens (primary N) is 1. The van der Waals surface area contributed by atoms with Crippen LogP contribution >= 0.6 is 11.6 Å². The molecule has 5 rings (SSSR count). The minimum Gasteiger partial charge on any atom is -0.475 e. The summed E-state index contributed by atoms with van der Waals surface area (Å²) < 4.78 is 1.29. The molecule has 2 aliphatic rings. The van der Waals surface area contributed by atoms with Crippen molar-refractivity contribution in [3.05, 3.63) is 52.9 Å². The van der Waals surface area contributed by atoms with Crippen LogP contribution in [0.4, 0.5) is 5.82 Å². The standard InChI is InChI=1S/C23H24ClN5O4.C8H18N2/c1-13-5-3-6-14(2)29(13)22(31)16-7-4-8-17-20(16)27-21(23(32)33)28(17)12-19(30)26-18-10-9-15(24)11-25-18;1-7(2)10-5-3-8(9)4-6-10/h4,7-11,13-14H,3,5-6,12H2,1-2H3,(H,32,33)(H,25,26,30);7-8H,3-6,9H2,1-2H3. The fraction of sp³-hybridized carbons (Fsp3) is 0.516. The van der Waals surface area contributed by atoms with Crippen molar-refractivity contribution < 1.29 is 19.5 Å². The molecule has 2 fully saturated rings. The Morgan fingerprint density at radius 2 is 1.74 bits per heavy atom. The molecule has 0 bridgehead atoms. The molecule has 4 N–H and O–H groups in total. The van der Waals surface area contributed by atoms with Crippen molar-refractivity contribution in [3.63, 3.8) is 0 Å². The normalized spacial score (nSPS) is 19.7. The van der Waals surface area contributed by atoms with E-state index in [0.29, 0.717) is 28.2 Å². The van der Waals surface area contributed by atoms with E-state index in [1.54, 1.807) is 30.3 Å². The number of aromatic carboxylic acids is 1. The molecule has 0 aliphatic carbocycles. The predicted octanol–water partition coefficient (Wildman–Crippen LogP) is 4.64. The first-order valence-electron chi connectivity index (χ1n) is 14.9. The molecule has 2 aromatic heterocycles. The zero-order valence-corrected chi connectivity index (χ0v) is 26.0. The Morgan fingerprint density at radius 3 is 2.33 bits per heavy atom. The van der Waals surface area contributed by atoms with Crippen molar-refractivity contribution in [2.24, 2.45) is 5.73 Å². The van der Waals surface area contributed by atoms with Crippen LogP contribution in [-0.2, 0) is 11.3 Å². The number of carbonyl (C=O) groups is 3. The average Bonchev–Trinajstić information content (AvgIpc) is 3.33. The highest BCUT2D eigenvalue weighted by atomic mass is 35.5. The summed E-state index contributed by atoms with van der Waals surface area (Å²) in [4.78, 5) is 50.6. The quantitative estimate of drug-likeness (QED) is 0.365. The molecule has 43 heavy (non-hydrogen) atoms. The maximum absolute atomic E-state index is 13.4. The van der Waals surface area contributed by atoms with E-state index in [-0.39, 0.29) is 41.7 Å². The number of nitrogens with zero attached hydrogens (tertiary/aromatic N) is 5. The summed E-state index contributed by atoms with van der Waals surface area (Å²) in [6.45, 7) is 10.6. The lowest BCUT2D eigenvalue weighted by atomic mass is 9.96. The lowest BCUT2D eigenvalue weighted by molar-refractivity contribution is -0.116. The topological polar surface area (TPSA) is 147 Å². The van der Waals surface area contributed by atoms with Gasteiger partial charge in [0.1, 0.15) is 17.9 Å². The highest BCUT2D eigenvalue weighted by Crippen LogP contribution is 2.28. The lowest BCUT2D eigenvalue weighted by Crippen LogP contribution is -2.47. The van der Waals surface area contributed by atoms with Gasteiger partial charge in [-0.1, -0.05) is 17.7 Å². The van der Waals surface area contributed by atoms with Gasteiger partial charge in [0.25, 0.3) is 5.91 Å². The maximum atomic E-state index is 13.4. The zero-order valence-electron chi connectivity index (χ0n) is 25.3. The molecule has 3 aromatic rings. The van der Waals surface area contributed by atoms with Gasteiger partial charge in [-0.3, -0.25) is 9.59 Å². The Hall–Kier alpha value is -3.54. The maximum Gasteiger partial charge on any atom is 0.372 e. The van der Waals surface area contributed by atoms with Crippen LogP contribution < -0.4 is 11.1 Å². The van der Waals surface area contributed by atoms with Crippen molar-refractivity contribution in [3.8, 4) is 0 Å². The molecule has 11 nitrogen and oxygen atoms in total. The van der Waals surface area contributed by atoms with E-state index >= 15 is 0 Å². The van der Waals surface area contributed by atoms with E-state index < -0.39 is 11.9 Å². The van der Waals surface area contributed by atoms with Gasteiger partial charge in [-0.05, 0) is 97.2 Å². The van der Waals surface area contributed by atoms with Crippen LogP contribution in [0.1, 0.15) is 80.8 Å². The van der Waals surface area contributed by atoms with Gasteiger partial charge in [0, 0.05) is 30.4 Å². The van der Waals surface area contributed by atoms with Crippen LogP contribution in [0.3, 0.4) is 0 Å². The zero-order chi connectivity index (χ0) is 31.3. The van der Waals surface area contributed by atoms with Gasteiger partial charge in [0.15, 0.2) is 0 Å². The van der Waals surface area contributed by atoms with Crippen molar-refractivity contribution in [1.29, 1.82) is 0 Å². The number of fused-ring (bicyclic) bond motifs is 1. The van der Waals surface area contributed by atoms with Crippen molar-refractivity contribution in [2.45, 2.75) is 90.5 Å². The van der Waals surface area contributed by atoms with Gasteiger partial charge >= 0.3 is 5.97 Å². The Labute approximate surface area is 257 Å². The van der Waals surface area contributed by atoms with Gasteiger partial charge in [0.2, 0.25) is 11.7 Å². The van der Waals surface area contributed by atoms with Gasteiger partial charge in [-0.15, -0.1) is 0 Å². The monoisotopic (exact) mass is 611 g/mol. The number of hydrogen-bond donors (Lipinski definition) is 3. The van der Waals surface area contributed by atoms with E-state index in [0.717, 1.165) is 19.3 Å². The summed E-state index contributed by atoms with van der Waals surface area (Å²) in [6.07, 6.45) is 6.65. The van der Waals surface area contributed by atoms with E-state index in [4.69, 9.17) is 17.3 Å². The van der Waals surface area contributed by atoms with E-state index in [1.807, 2.05) is 18.7 Å². The molecule has 2 atom stereocenters. The van der Waals surface area contributed by atoms with Crippen LogP contribution in [0.5, 0.6) is 0 Å². The Balaban J connectivity index is 0.000000359. The SMILES string of the molecule is CC(C)N1CCC(N)CC1.CC1CCCC(C)N1C(=O)c1cccc2c1nc(C(=O)O)n2CC(=O)Nc1ccc(Cl)cn1. The van der Waals surface area contributed by atoms with Crippen LogP contribution in [0, 0.1) is 0 Å². The number of rotatable bonds is 6. The van der Waals surface area contributed by atoms with Crippen LogP contribution in [0.15, 0.2) is 36.5 Å². The minimum absolute atomic E-state index is 0.0789. The van der Waals surface area contributed by atoms with E-state index in [2.05, 4.69) is 34.0 Å². The fourth-order valence-electron chi connectivity index (χ4n) is 5.82. The first kappa shape index (κ1) is 32.4. The molecule has 4 heterocycles. The third-order valence-corrected chi connectivity index (χ3v) is 8.45. The molecule has 2 amide bonds. The number of imidazole rings is 1. The molecule has 2 unspecified atom stereocenters. The highest BCUT2D eigenvalue weighted by molar-refractivity contribution is 6.30. The number of pyridine rings is 1. The second-order valence-corrected chi connectivity index (χ2v) is 12.2. The number of carboxylic acids is 1. The van der Waals surface area contributed by atoms with Gasteiger partial charge in [0.05, 0.1) is 16.1 Å². The van der Waals surface area contributed by atoms with Gasteiger partial charge < -0.3 is 30.5 Å². The molecular formula is C31H42ClN7O4. The number of aromatic nitrogens is 3. The molecule has 0 saturated carbocycles. The third-order valence-electron chi connectivity index (χ3n) is 8.23. The fourth-order valence-corrected chi connectivity index (χ4v) is 5.93.